The molecule has 25 heavy (non-hydrogen) atoms. The van der Waals surface area contributed by atoms with Crippen molar-refractivity contribution in [3.05, 3.63) is 65.7 Å². The van der Waals surface area contributed by atoms with Crippen LogP contribution in [0.2, 0.25) is 0 Å². The van der Waals surface area contributed by atoms with Gasteiger partial charge in [-0.05, 0) is 42.2 Å². The first kappa shape index (κ1) is 17.5. The molecule has 1 aliphatic rings. The third-order valence-electron chi connectivity index (χ3n) is 4.77. The molecule has 4 nitrogen and oxygen atoms in total. The van der Waals surface area contributed by atoms with Gasteiger partial charge in [0, 0.05) is 37.9 Å². The van der Waals surface area contributed by atoms with E-state index in [4.69, 9.17) is 0 Å². The van der Waals surface area contributed by atoms with Gasteiger partial charge in [0.15, 0.2) is 0 Å². The van der Waals surface area contributed by atoms with Crippen LogP contribution in [0.25, 0.3) is 0 Å². The number of carbonyl (C=O) groups is 1. The van der Waals surface area contributed by atoms with E-state index in [9.17, 15) is 9.18 Å². The maximum atomic E-state index is 13.3. The highest BCUT2D eigenvalue weighted by Gasteiger charge is 2.30. The van der Waals surface area contributed by atoms with Crippen LogP contribution >= 0.6 is 0 Å². The lowest BCUT2D eigenvalue weighted by molar-refractivity contribution is -0.138. The highest BCUT2D eigenvalue weighted by Crippen LogP contribution is 2.24. The summed E-state index contributed by atoms with van der Waals surface area (Å²) in [5.74, 6) is -0.164. The first-order valence-corrected chi connectivity index (χ1v) is 8.80. The molecular weight excluding hydrogens is 317 g/mol. The monoisotopic (exact) mass is 341 g/mol. The molecule has 2 unspecified atom stereocenters. The van der Waals surface area contributed by atoms with E-state index >= 15 is 0 Å². The largest absolute Gasteiger partial charge is 0.333 e. The van der Waals surface area contributed by atoms with E-state index in [1.165, 1.54) is 6.07 Å². The molecule has 1 saturated heterocycles. The van der Waals surface area contributed by atoms with E-state index in [1.54, 1.807) is 18.3 Å². The molecule has 0 radical (unpaired) electrons. The number of piperazine rings is 1. The molecule has 1 aromatic carbocycles. The maximum absolute atomic E-state index is 13.3. The van der Waals surface area contributed by atoms with Crippen LogP contribution in [0.5, 0.6) is 0 Å². The lowest BCUT2D eigenvalue weighted by atomic mass is 9.97. The molecule has 1 aliphatic heterocycles. The molecule has 0 saturated carbocycles. The number of halogens is 1. The first-order valence-electron chi connectivity index (χ1n) is 8.80. The summed E-state index contributed by atoms with van der Waals surface area (Å²) in [5.41, 5.74) is 1.99. The van der Waals surface area contributed by atoms with E-state index in [0.29, 0.717) is 19.4 Å². The van der Waals surface area contributed by atoms with Gasteiger partial charge in [-0.2, -0.15) is 0 Å². The molecule has 1 aromatic heterocycles. The maximum Gasteiger partial charge on any atom is 0.226 e. The molecule has 132 valence electrons. The molecule has 0 bridgehead atoms. The highest BCUT2D eigenvalue weighted by atomic mass is 19.1. The quantitative estimate of drug-likeness (QED) is 0.909. The molecule has 5 heteroatoms. The van der Waals surface area contributed by atoms with E-state index < -0.39 is 0 Å². The van der Waals surface area contributed by atoms with Gasteiger partial charge in [0.2, 0.25) is 5.91 Å². The van der Waals surface area contributed by atoms with Crippen molar-refractivity contribution in [2.45, 2.75) is 25.8 Å². The Balaban J connectivity index is 1.65. The van der Waals surface area contributed by atoms with Gasteiger partial charge in [-0.1, -0.05) is 25.1 Å². The van der Waals surface area contributed by atoms with Crippen LogP contribution in [0, 0.1) is 11.7 Å². The third kappa shape index (κ3) is 4.42. The topological polar surface area (TPSA) is 45.2 Å². The van der Waals surface area contributed by atoms with Crippen molar-refractivity contribution in [3.8, 4) is 0 Å². The van der Waals surface area contributed by atoms with Crippen molar-refractivity contribution < 1.29 is 9.18 Å². The SMILES string of the molecule is CC(CCc1cccc(F)c1)C(=O)N1CCNCC1c1cccnc1. The number of pyridine rings is 1. The third-order valence-corrected chi connectivity index (χ3v) is 4.77. The lowest BCUT2D eigenvalue weighted by Crippen LogP contribution is -2.50. The normalized spacial score (nSPS) is 18.8. The Morgan fingerprint density at radius 1 is 1.40 bits per heavy atom. The lowest BCUT2D eigenvalue weighted by Gasteiger charge is -2.38. The summed E-state index contributed by atoms with van der Waals surface area (Å²) >= 11 is 0. The number of amides is 1. The molecule has 0 spiro atoms. The number of carbonyl (C=O) groups excluding carboxylic acids is 1. The second-order valence-electron chi connectivity index (χ2n) is 6.61. The smallest absolute Gasteiger partial charge is 0.226 e. The summed E-state index contributed by atoms with van der Waals surface area (Å²) in [6, 6.07) is 10.5. The average Bonchev–Trinajstić information content (AvgIpc) is 2.66. The van der Waals surface area contributed by atoms with Gasteiger partial charge >= 0.3 is 0 Å². The predicted molar refractivity (Wildman–Crippen MR) is 95.4 cm³/mol. The standard InChI is InChI=1S/C20H24FN3O/c1-15(7-8-16-4-2-6-18(21)12-16)20(25)24-11-10-23-14-19(24)17-5-3-9-22-13-17/h2-6,9,12-13,15,19,23H,7-8,10-11,14H2,1H3. The van der Waals surface area contributed by atoms with E-state index in [1.807, 2.05) is 36.2 Å². The van der Waals surface area contributed by atoms with Crippen LogP contribution in [0.4, 0.5) is 4.39 Å². The van der Waals surface area contributed by atoms with E-state index in [0.717, 1.165) is 24.2 Å². The Morgan fingerprint density at radius 2 is 2.28 bits per heavy atom. The van der Waals surface area contributed by atoms with Crippen molar-refractivity contribution in [2.24, 2.45) is 5.92 Å². The van der Waals surface area contributed by atoms with Crippen LogP contribution in [0.3, 0.4) is 0 Å². The number of hydrogen-bond acceptors (Lipinski definition) is 3. The molecular formula is C20H24FN3O. The fraction of sp³-hybridized carbons (Fsp3) is 0.400. The first-order chi connectivity index (χ1) is 12.1. The Kier molecular flexibility index (Phi) is 5.76. The van der Waals surface area contributed by atoms with Crippen molar-refractivity contribution in [1.29, 1.82) is 0 Å². The van der Waals surface area contributed by atoms with Crippen LogP contribution < -0.4 is 5.32 Å². The zero-order chi connectivity index (χ0) is 17.6. The number of rotatable bonds is 5. The zero-order valence-corrected chi connectivity index (χ0v) is 14.5. The van der Waals surface area contributed by atoms with Crippen molar-refractivity contribution in [1.82, 2.24) is 15.2 Å². The highest BCUT2D eigenvalue weighted by molar-refractivity contribution is 5.79. The van der Waals surface area contributed by atoms with Gasteiger partial charge in [0.1, 0.15) is 5.82 Å². The van der Waals surface area contributed by atoms with Crippen LogP contribution in [-0.4, -0.2) is 35.4 Å². The van der Waals surface area contributed by atoms with Crippen molar-refractivity contribution in [3.63, 3.8) is 0 Å². The minimum absolute atomic E-state index is 0.0200. The minimum Gasteiger partial charge on any atom is -0.333 e. The van der Waals surface area contributed by atoms with Gasteiger partial charge in [-0.25, -0.2) is 4.39 Å². The van der Waals surface area contributed by atoms with Crippen molar-refractivity contribution >= 4 is 5.91 Å². The number of nitrogens with zero attached hydrogens (tertiary/aromatic N) is 2. The molecule has 3 rings (SSSR count). The van der Waals surface area contributed by atoms with Gasteiger partial charge in [-0.3, -0.25) is 9.78 Å². The number of aromatic nitrogens is 1. The van der Waals surface area contributed by atoms with E-state index in [2.05, 4.69) is 10.3 Å². The van der Waals surface area contributed by atoms with Gasteiger partial charge < -0.3 is 10.2 Å². The van der Waals surface area contributed by atoms with E-state index in [-0.39, 0.29) is 23.7 Å². The molecule has 2 heterocycles. The summed E-state index contributed by atoms with van der Waals surface area (Å²) in [6.45, 7) is 4.21. The van der Waals surface area contributed by atoms with Crippen LogP contribution in [-0.2, 0) is 11.2 Å². The number of nitrogens with one attached hydrogen (secondary N) is 1. The van der Waals surface area contributed by atoms with Crippen LogP contribution in [0.15, 0.2) is 48.8 Å². The molecule has 1 fully saturated rings. The number of hydrogen-bond donors (Lipinski definition) is 1. The molecule has 1 N–H and O–H groups in total. The summed E-state index contributed by atoms with van der Waals surface area (Å²) in [6.07, 6.45) is 4.99. The Hall–Kier alpha value is -2.27. The average molecular weight is 341 g/mol. The predicted octanol–water partition coefficient (Wildman–Crippen LogP) is 2.96. The molecule has 0 aliphatic carbocycles. The van der Waals surface area contributed by atoms with Gasteiger partial charge in [0.25, 0.3) is 0 Å². The summed E-state index contributed by atoms with van der Waals surface area (Å²) in [4.78, 5) is 19.1. The second kappa shape index (κ2) is 8.21. The van der Waals surface area contributed by atoms with Gasteiger partial charge in [0.05, 0.1) is 6.04 Å². The number of aryl methyl sites for hydroxylation is 1. The number of benzene rings is 1. The molecule has 2 atom stereocenters. The fourth-order valence-electron chi connectivity index (χ4n) is 3.32. The minimum atomic E-state index is -0.227. The summed E-state index contributed by atoms with van der Waals surface area (Å²) in [5, 5.41) is 3.36. The molecule has 1 amide bonds. The zero-order valence-electron chi connectivity index (χ0n) is 14.5. The molecule has 2 aromatic rings. The van der Waals surface area contributed by atoms with Gasteiger partial charge in [-0.15, -0.1) is 0 Å². The fourth-order valence-corrected chi connectivity index (χ4v) is 3.32. The second-order valence-corrected chi connectivity index (χ2v) is 6.61. The Morgan fingerprint density at radius 3 is 3.04 bits per heavy atom. The Labute approximate surface area is 148 Å². The van der Waals surface area contributed by atoms with Crippen LogP contribution in [0.1, 0.15) is 30.5 Å². The summed E-state index contributed by atoms with van der Waals surface area (Å²) < 4.78 is 13.3. The summed E-state index contributed by atoms with van der Waals surface area (Å²) in [7, 11) is 0. The van der Waals surface area contributed by atoms with Crippen molar-refractivity contribution in [2.75, 3.05) is 19.6 Å². The Bertz CT molecular complexity index is 707.